The summed E-state index contributed by atoms with van der Waals surface area (Å²) in [6.45, 7) is 5.50. The first-order chi connectivity index (χ1) is 29.4. The molecule has 2 atom stereocenters. The van der Waals surface area contributed by atoms with Gasteiger partial charge in [-0.15, -0.1) is 0 Å². The number of halogens is 3. The van der Waals surface area contributed by atoms with Gasteiger partial charge in [-0.25, -0.2) is 4.79 Å². The van der Waals surface area contributed by atoms with Crippen molar-refractivity contribution >= 4 is 62.9 Å². The molecule has 0 bridgehead atoms. The van der Waals surface area contributed by atoms with Crippen LogP contribution in [0.15, 0.2) is 102 Å². The molecular formula is C46H42BrCl2NO11. The normalized spacial score (nSPS) is 14.9. The molecule has 15 heteroatoms. The van der Waals surface area contributed by atoms with Crippen molar-refractivity contribution in [3.8, 4) is 34.5 Å². The molecule has 61 heavy (non-hydrogen) atoms. The molecule has 1 amide bonds. The fraction of sp³-hybridized carbons (Fsp3) is 0.261. The molecule has 0 fully saturated rings. The van der Waals surface area contributed by atoms with Gasteiger partial charge in [-0.3, -0.25) is 14.4 Å². The van der Waals surface area contributed by atoms with Crippen molar-refractivity contribution < 1.29 is 52.7 Å². The van der Waals surface area contributed by atoms with Crippen LogP contribution in [0.2, 0.25) is 10.0 Å². The van der Waals surface area contributed by atoms with Crippen LogP contribution in [0.4, 0.5) is 0 Å². The number of benzene rings is 5. The van der Waals surface area contributed by atoms with Crippen molar-refractivity contribution in [2.24, 2.45) is 0 Å². The van der Waals surface area contributed by atoms with Crippen LogP contribution in [0.3, 0.4) is 0 Å². The Morgan fingerprint density at radius 2 is 1.18 bits per heavy atom. The molecule has 0 saturated carbocycles. The smallest absolute Gasteiger partial charge is 0.335 e. The highest BCUT2D eigenvalue weighted by Gasteiger charge is 2.32. The Morgan fingerprint density at radius 1 is 0.705 bits per heavy atom. The number of esters is 2. The highest BCUT2D eigenvalue weighted by Crippen LogP contribution is 2.43. The lowest BCUT2D eigenvalue weighted by Crippen LogP contribution is -2.25. The lowest BCUT2D eigenvalue weighted by Gasteiger charge is -2.25. The number of carbonyl (C=O) groups excluding carboxylic acids is 3. The van der Waals surface area contributed by atoms with Crippen LogP contribution in [-0.4, -0.2) is 61.9 Å². The Balaban J connectivity index is 0.000000213. The molecule has 12 nitrogen and oxygen atoms in total. The van der Waals surface area contributed by atoms with Gasteiger partial charge in [0, 0.05) is 39.8 Å². The van der Waals surface area contributed by atoms with Gasteiger partial charge in [0.1, 0.15) is 34.5 Å². The van der Waals surface area contributed by atoms with Crippen LogP contribution in [0.1, 0.15) is 75.9 Å². The van der Waals surface area contributed by atoms with Crippen molar-refractivity contribution in [3.05, 3.63) is 139 Å². The van der Waals surface area contributed by atoms with Gasteiger partial charge in [0.2, 0.25) is 0 Å². The van der Waals surface area contributed by atoms with Crippen molar-refractivity contribution in [1.29, 1.82) is 0 Å². The summed E-state index contributed by atoms with van der Waals surface area (Å²) < 4.78 is 34.4. The highest BCUT2D eigenvalue weighted by molar-refractivity contribution is 9.10. The van der Waals surface area contributed by atoms with E-state index in [0.29, 0.717) is 107 Å². The van der Waals surface area contributed by atoms with Crippen LogP contribution in [0.5, 0.6) is 34.5 Å². The van der Waals surface area contributed by atoms with E-state index in [1.54, 1.807) is 74.5 Å². The van der Waals surface area contributed by atoms with Gasteiger partial charge in [-0.2, -0.15) is 0 Å². The van der Waals surface area contributed by atoms with E-state index in [-0.39, 0.29) is 23.4 Å². The molecule has 0 saturated heterocycles. The molecule has 0 aromatic heterocycles. The SMILES string of the molecule is CCOC(=O)C1CCOc2cc(Oc3ccc(C(=O)NCCc4ccccc4Br)cc3)c(Cl)cc21.CCOC(=O)C1CCOc2cc(Oc3ccc(C(=O)O)cc3)c(Cl)cc21. The summed E-state index contributed by atoms with van der Waals surface area (Å²) in [6, 6.07) is 27.4. The van der Waals surface area contributed by atoms with E-state index in [2.05, 4.69) is 21.2 Å². The number of hydrogen-bond acceptors (Lipinski definition) is 10. The van der Waals surface area contributed by atoms with Crippen molar-refractivity contribution in [1.82, 2.24) is 5.32 Å². The van der Waals surface area contributed by atoms with Gasteiger partial charge in [0.05, 0.1) is 53.9 Å². The Labute approximate surface area is 371 Å². The minimum Gasteiger partial charge on any atom is -0.493 e. The van der Waals surface area contributed by atoms with Crippen LogP contribution in [-0.2, 0) is 25.5 Å². The average molecular weight is 936 g/mol. The molecule has 2 aliphatic rings. The van der Waals surface area contributed by atoms with E-state index in [0.717, 1.165) is 16.5 Å². The van der Waals surface area contributed by atoms with E-state index >= 15 is 0 Å². The number of nitrogens with one attached hydrogen (secondary N) is 1. The molecule has 0 aliphatic carbocycles. The van der Waals surface area contributed by atoms with Crippen LogP contribution in [0.25, 0.3) is 0 Å². The Bertz CT molecular complexity index is 2370. The maximum absolute atomic E-state index is 12.5. The Hall–Kier alpha value is -5.76. The molecule has 2 aliphatic heterocycles. The zero-order valence-corrected chi connectivity index (χ0v) is 36.3. The molecule has 318 valence electrons. The van der Waals surface area contributed by atoms with Crippen LogP contribution >= 0.6 is 39.1 Å². The monoisotopic (exact) mass is 933 g/mol. The number of ether oxygens (including phenoxy) is 6. The number of carboxylic acids is 1. The van der Waals surface area contributed by atoms with Gasteiger partial charge in [0.15, 0.2) is 0 Å². The van der Waals surface area contributed by atoms with Gasteiger partial charge < -0.3 is 38.8 Å². The van der Waals surface area contributed by atoms with Gasteiger partial charge in [-0.05, 0) is 105 Å². The number of rotatable bonds is 13. The molecule has 7 rings (SSSR count). The summed E-state index contributed by atoms with van der Waals surface area (Å²) in [6.07, 6.45) is 1.79. The van der Waals surface area contributed by atoms with Gasteiger partial charge in [-0.1, -0.05) is 57.3 Å². The van der Waals surface area contributed by atoms with Gasteiger partial charge in [0.25, 0.3) is 5.91 Å². The van der Waals surface area contributed by atoms with Crippen molar-refractivity contribution in [2.45, 2.75) is 44.9 Å². The van der Waals surface area contributed by atoms with E-state index < -0.39 is 17.8 Å². The number of hydrogen-bond donors (Lipinski definition) is 2. The summed E-state index contributed by atoms with van der Waals surface area (Å²) in [5.41, 5.74) is 3.20. The third-order valence-corrected chi connectivity index (χ3v) is 11.0. The van der Waals surface area contributed by atoms with Crippen molar-refractivity contribution in [3.63, 3.8) is 0 Å². The summed E-state index contributed by atoms with van der Waals surface area (Å²) in [4.78, 5) is 47.8. The van der Waals surface area contributed by atoms with Crippen LogP contribution in [0, 0.1) is 0 Å². The van der Waals surface area contributed by atoms with E-state index in [1.165, 1.54) is 12.1 Å². The molecule has 0 radical (unpaired) electrons. The quantitative estimate of drug-likeness (QED) is 0.108. The third kappa shape index (κ3) is 11.5. The van der Waals surface area contributed by atoms with E-state index in [1.807, 2.05) is 24.3 Å². The summed E-state index contributed by atoms with van der Waals surface area (Å²) in [7, 11) is 0. The zero-order chi connectivity index (χ0) is 43.5. The first kappa shape index (κ1) is 44.8. The second-order valence-electron chi connectivity index (χ2n) is 13.7. The minimum atomic E-state index is -1.01. The topological polar surface area (TPSA) is 156 Å². The zero-order valence-electron chi connectivity index (χ0n) is 33.2. The second-order valence-corrected chi connectivity index (χ2v) is 15.3. The molecule has 2 heterocycles. The minimum absolute atomic E-state index is 0.158. The molecule has 5 aromatic carbocycles. The maximum atomic E-state index is 12.5. The molecule has 5 aromatic rings. The molecule has 2 unspecified atom stereocenters. The largest absolute Gasteiger partial charge is 0.493 e. The first-order valence-corrected chi connectivity index (χ1v) is 21.1. The van der Waals surface area contributed by atoms with Crippen molar-refractivity contribution in [2.75, 3.05) is 33.0 Å². The summed E-state index contributed by atoms with van der Waals surface area (Å²) in [5.74, 6) is 0.216. The third-order valence-electron chi connectivity index (χ3n) is 9.66. The Morgan fingerprint density at radius 3 is 1.64 bits per heavy atom. The average Bonchev–Trinajstić information content (AvgIpc) is 3.25. The number of carboxylic acid groups (broad SMARTS) is 1. The summed E-state index contributed by atoms with van der Waals surface area (Å²) >= 11 is 16.3. The number of carbonyl (C=O) groups is 4. The lowest BCUT2D eigenvalue weighted by atomic mass is 9.93. The predicted octanol–water partition coefficient (Wildman–Crippen LogP) is 10.6. The number of amides is 1. The van der Waals surface area contributed by atoms with E-state index in [9.17, 15) is 19.2 Å². The number of fused-ring (bicyclic) bond motifs is 2. The molecular weight excluding hydrogens is 893 g/mol. The second kappa shape index (κ2) is 21.2. The fourth-order valence-corrected chi connectivity index (χ4v) is 7.52. The maximum Gasteiger partial charge on any atom is 0.335 e. The predicted molar refractivity (Wildman–Crippen MR) is 232 cm³/mol. The molecule has 2 N–H and O–H groups in total. The first-order valence-electron chi connectivity index (χ1n) is 19.5. The molecule has 0 spiro atoms. The lowest BCUT2D eigenvalue weighted by molar-refractivity contribution is -0.146. The fourth-order valence-electron chi connectivity index (χ4n) is 6.62. The van der Waals surface area contributed by atoms with Crippen LogP contribution < -0.4 is 24.3 Å². The Kier molecular flexibility index (Phi) is 15.5. The van der Waals surface area contributed by atoms with Gasteiger partial charge >= 0.3 is 17.9 Å². The number of aromatic carboxylic acids is 1. The summed E-state index contributed by atoms with van der Waals surface area (Å²) in [5, 5.41) is 12.6. The van der Waals surface area contributed by atoms with E-state index in [4.69, 9.17) is 56.7 Å². The highest BCUT2D eigenvalue weighted by atomic mass is 79.9. The standard InChI is InChI=1S/C27H25BrClNO5.C19H17ClO6/c1-2-33-27(32)20-12-14-34-24-16-25(23(29)15-21(20)24)35-19-9-7-18(8-10-19)26(31)30-13-11-17-5-3-4-6-22(17)28;1-2-24-19(23)13-7-8-25-16-10-17(15(20)9-14(13)16)26-12-5-3-11(4-6-12)18(21)22/h3-10,15-16,20H,2,11-14H2,1H3,(H,30,31);3-6,9-10,13H,2,7-8H2,1H3,(H,21,22).